The van der Waals surface area contributed by atoms with Gasteiger partial charge in [-0.05, 0) is 24.1 Å². The van der Waals surface area contributed by atoms with E-state index in [9.17, 15) is 0 Å². The highest BCUT2D eigenvalue weighted by atomic mass is 79.9. The van der Waals surface area contributed by atoms with Crippen molar-refractivity contribution in [3.63, 3.8) is 0 Å². The van der Waals surface area contributed by atoms with Crippen molar-refractivity contribution >= 4 is 15.9 Å². The second-order valence-electron chi connectivity index (χ2n) is 2.80. The van der Waals surface area contributed by atoms with Crippen LogP contribution >= 0.6 is 15.9 Å². The van der Waals surface area contributed by atoms with Crippen LogP contribution in [0.2, 0.25) is 0 Å². The SMILES string of the molecule is CON(CCc1ccc(Br)cc1)OC. The minimum atomic E-state index is 0.717. The van der Waals surface area contributed by atoms with Gasteiger partial charge in [-0.15, -0.1) is 0 Å². The highest BCUT2D eigenvalue weighted by Crippen LogP contribution is 2.11. The number of nitrogens with zero attached hydrogens (tertiary/aromatic N) is 1. The maximum atomic E-state index is 4.95. The molecular formula is C10H14BrNO2. The van der Waals surface area contributed by atoms with Crippen LogP contribution in [0, 0.1) is 0 Å². The predicted octanol–water partition coefficient (Wildman–Crippen LogP) is 2.42. The van der Waals surface area contributed by atoms with Crippen molar-refractivity contribution in [1.29, 1.82) is 0 Å². The van der Waals surface area contributed by atoms with Crippen molar-refractivity contribution in [3.05, 3.63) is 34.3 Å². The van der Waals surface area contributed by atoms with Crippen LogP contribution in [0.15, 0.2) is 28.7 Å². The van der Waals surface area contributed by atoms with Gasteiger partial charge < -0.3 is 0 Å². The Morgan fingerprint density at radius 3 is 2.21 bits per heavy atom. The van der Waals surface area contributed by atoms with Gasteiger partial charge in [0.2, 0.25) is 0 Å². The number of hydroxylamine groups is 2. The first-order chi connectivity index (χ1) is 6.76. The van der Waals surface area contributed by atoms with E-state index in [4.69, 9.17) is 9.68 Å². The van der Waals surface area contributed by atoms with Gasteiger partial charge in [-0.25, -0.2) is 0 Å². The second kappa shape index (κ2) is 6.14. The third-order valence-corrected chi connectivity index (χ3v) is 2.43. The maximum absolute atomic E-state index is 4.95. The summed E-state index contributed by atoms with van der Waals surface area (Å²) in [6.45, 7) is 0.717. The lowest BCUT2D eigenvalue weighted by molar-refractivity contribution is -0.341. The van der Waals surface area contributed by atoms with E-state index in [-0.39, 0.29) is 0 Å². The van der Waals surface area contributed by atoms with Gasteiger partial charge in [0.15, 0.2) is 0 Å². The van der Waals surface area contributed by atoms with Crippen LogP contribution in [-0.4, -0.2) is 26.0 Å². The topological polar surface area (TPSA) is 21.7 Å². The predicted molar refractivity (Wildman–Crippen MR) is 58.6 cm³/mol. The highest BCUT2D eigenvalue weighted by molar-refractivity contribution is 9.10. The van der Waals surface area contributed by atoms with E-state index in [2.05, 4.69) is 28.1 Å². The number of hydrogen-bond donors (Lipinski definition) is 0. The Kier molecular flexibility index (Phi) is 5.11. The van der Waals surface area contributed by atoms with E-state index >= 15 is 0 Å². The van der Waals surface area contributed by atoms with Gasteiger partial charge >= 0.3 is 0 Å². The maximum Gasteiger partial charge on any atom is 0.0601 e. The van der Waals surface area contributed by atoms with Crippen LogP contribution in [0.4, 0.5) is 0 Å². The molecule has 0 aliphatic rings. The number of rotatable bonds is 5. The van der Waals surface area contributed by atoms with Gasteiger partial charge in [0, 0.05) is 4.47 Å². The van der Waals surface area contributed by atoms with Gasteiger partial charge in [-0.2, -0.15) is 0 Å². The van der Waals surface area contributed by atoms with Crippen LogP contribution in [0.5, 0.6) is 0 Å². The molecule has 3 nitrogen and oxygen atoms in total. The minimum Gasteiger partial charge on any atom is -0.278 e. The molecule has 0 unspecified atom stereocenters. The smallest absolute Gasteiger partial charge is 0.0601 e. The fourth-order valence-corrected chi connectivity index (χ4v) is 1.39. The van der Waals surface area contributed by atoms with Gasteiger partial charge in [0.1, 0.15) is 0 Å². The third kappa shape index (κ3) is 3.75. The third-order valence-electron chi connectivity index (χ3n) is 1.90. The van der Waals surface area contributed by atoms with Crippen LogP contribution in [0.25, 0.3) is 0 Å². The van der Waals surface area contributed by atoms with Gasteiger partial charge in [0.25, 0.3) is 0 Å². The second-order valence-corrected chi connectivity index (χ2v) is 3.71. The van der Waals surface area contributed by atoms with Crippen LogP contribution in [-0.2, 0) is 16.1 Å². The molecule has 4 heteroatoms. The summed E-state index contributed by atoms with van der Waals surface area (Å²) in [5.41, 5.74) is 1.26. The molecule has 1 aromatic rings. The fourth-order valence-electron chi connectivity index (χ4n) is 1.13. The van der Waals surface area contributed by atoms with E-state index < -0.39 is 0 Å². The lowest BCUT2D eigenvalue weighted by Crippen LogP contribution is -2.23. The lowest BCUT2D eigenvalue weighted by atomic mass is 10.2. The van der Waals surface area contributed by atoms with Gasteiger partial charge in [0.05, 0.1) is 20.8 Å². The molecule has 1 rings (SSSR count). The lowest BCUT2D eigenvalue weighted by Gasteiger charge is -2.15. The molecule has 0 aliphatic carbocycles. The molecule has 0 bridgehead atoms. The summed E-state index contributed by atoms with van der Waals surface area (Å²) in [5, 5.41) is 1.45. The molecule has 0 aliphatic heterocycles. The van der Waals surface area contributed by atoms with Gasteiger partial charge in [-0.1, -0.05) is 33.3 Å². The van der Waals surface area contributed by atoms with E-state index in [0.29, 0.717) is 6.54 Å². The Labute approximate surface area is 92.7 Å². The molecule has 0 amide bonds. The molecule has 0 spiro atoms. The molecule has 14 heavy (non-hydrogen) atoms. The first-order valence-corrected chi connectivity index (χ1v) is 5.15. The largest absolute Gasteiger partial charge is 0.278 e. The van der Waals surface area contributed by atoms with Crippen molar-refractivity contribution in [2.24, 2.45) is 0 Å². The number of hydrogen-bond acceptors (Lipinski definition) is 3. The summed E-state index contributed by atoms with van der Waals surface area (Å²) in [6, 6.07) is 8.21. The zero-order chi connectivity index (χ0) is 10.4. The van der Waals surface area contributed by atoms with Crippen molar-refractivity contribution in [1.82, 2.24) is 5.23 Å². The Morgan fingerprint density at radius 1 is 1.14 bits per heavy atom. The zero-order valence-corrected chi connectivity index (χ0v) is 9.95. The monoisotopic (exact) mass is 259 g/mol. The average molecular weight is 260 g/mol. The van der Waals surface area contributed by atoms with Crippen LogP contribution in [0.1, 0.15) is 5.56 Å². The molecule has 0 aromatic heterocycles. The van der Waals surface area contributed by atoms with Crippen LogP contribution < -0.4 is 0 Å². The molecular weight excluding hydrogens is 246 g/mol. The van der Waals surface area contributed by atoms with Gasteiger partial charge in [-0.3, -0.25) is 9.68 Å². The van der Waals surface area contributed by atoms with E-state index in [1.807, 2.05) is 12.1 Å². The molecule has 0 heterocycles. The Morgan fingerprint density at radius 2 is 1.71 bits per heavy atom. The summed E-state index contributed by atoms with van der Waals surface area (Å²) < 4.78 is 1.09. The molecule has 0 fully saturated rings. The van der Waals surface area contributed by atoms with E-state index in [1.54, 1.807) is 14.2 Å². The zero-order valence-electron chi connectivity index (χ0n) is 8.37. The highest BCUT2D eigenvalue weighted by Gasteiger charge is 2.01. The fraction of sp³-hybridized carbons (Fsp3) is 0.400. The molecule has 0 atom stereocenters. The molecule has 78 valence electrons. The minimum absolute atomic E-state index is 0.717. The summed E-state index contributed by atoms with van der Waals surface area (Å²) in [5.74, 6) is 0. The van der Waals surface area contributed by atoms with Crippen molar-refractivity contribution in [2.75, 3.05) is 20.8 Å². The number of benzene rings is 1. The Hall–Kier alpha value is -0.420. The Bertz CT molecular complexity index is 259. The summed E-state index contributed by atoms with van der Waals surface area (Å²) in [7, 11) is 3.18. The van der Waals surface area contributed by atoms with Crippen LogP contribution in [0.3, 0.4) is 0 Å². The van der Waals surface area contributed by atoms with Crippen molar-refractivity contribution < 1.29 is 9.68 Å². The number of halogens is 1. The van der Waals surface area contributed by atoms with E-state index in [0.717, 1.165) is 10.9 Å². The average Bonchev–Trinajstić information content (AvgIpc) is 2.22. The summed E-state index contributed by atoms with van der Waals surface area (Å²) in [4.78, 5) is 9.89. The summed E-state index contributed by atoms with van der Waals surface area (Å²) >= 11 is 3.39. The quantitative estimate of drug-likeness (QED) is 0.759. The first kappa shape index (κ1) is 11.7. The normalized spacial score (nSPS) is 10.9. The first-order valence-electron chi connectivity index (χ1n) is 4.36. The van der Waals surface area contributed by atoms with Crippen molar-refractivity contribution in [3.8, 4) is 0 Å². The molecule has 0 N–H and O–H groups in total. The molecule has 0 saturated carbocycles. The van der Waals surface area contributed by atoms with E-state index in [1.165, 1.54) is 10.8 Å². The standard InChI is InChI=1S/C10H14BrNO2/c1-13-12(14-2)8-7-9-3-5-10(11)6-4-9/h3-6H,7-8H2,1-2H3. The van der Waals surface area contributed by atoms with Crippen molar-refractivity contribution in [2.45, 2.75) is 6.42 Å². The molecule has 0 radical (unpaired) electrons. The molecule has 0 saturated heterocycles. The Balaban J connectivity index is 2.41. The molecule has 1 aromatic carbocycles. The summed E-state index contributed by atoms with van der Waals surface area (Å²) in [6.07, 6.45) is 0.898.